The van der Waals surface area contributed by atoms with Gasteiger partial charge in [-0.15, -0.1) is 10.2 Å². The Kier molecular flexibility index (Phi) is 3.29. The predicted molar refractivity (Wildman–Crippen MR) is 67.1 cm³/mol. The van der Waals surface area contributed by atoms with Gasteiger partial charge in [-0.1, -0.05) is 31.2 Å². The molecular weight excluding hydrogens is 300 g/mol. The van der Waals surface area contributed by atoms with Crippen molar-refractivity contribution in [3.8, 4) is 0 Å². The zero-order valence-electron chi connectivity index (χ0n) is 10.3. The summed E-state index contributed by atoms with van der Waals surface area (Å²) in [5.74, 6) is 0. The highest BCUT2D eigenvalue weighted by molar-refractivity contribution is 9.10. The number of hydrogen-bond acceptors (Lipinski definition) is 5. The lowest BCUT2D eigenvalue weighted by Crippen LogP contribution is -2.25. The minimum atomic E-state index is -0.398. The number of carbonyl (C=O) groups excluding carboxylic acids is 1. The molecule has 0 radical (unpaired) electrons. The van der Waals surface area contributed by atoms with E-state index in [1.165, 1.54) is 17.1 Å². The van der Waals surface area contributed by atoms with E-state index >= 15 is 0 Å². The third-order valence-corrected chi connectivity index (χ3v) is 2.83. The van der Waals surface area contributed by atoms with E-state index in [0.29, 0.717) is 11.0 Å². The molecule has 0 bridgehead atoms. The summed E-state index contributed by atoms with van der Waals surface area (Å²) in [6, 6.07) is -0.398. The average Bonchev–Trinajstić information content (AvgIpc) is 2.87. The molecule has 0 aliphatic rings. The second-order valence-corrected chi connectivity index (χ2v) is 5.86. The molecule has 8 heteroatoms. The molecule has 0 saturated heterocycles. The Labute approximate surface area is 112 Å². The predicted octanol–water partition coefficient (Wildman–Crippen LogP) is 1.74. The molecule has 0 spiro atoms. The molecule has 0 fully saturated rings. The van der Waals surface area contributed by atoms with E-state index in [-0.39, 0.29) is 5.41 Å². The topological polar surface area (TPSA) is 78.5 Å². The van der Waals surface area contributed by atoms with E-state index in [9.17, 15) is 4.79 Å². The highest BCUT2D eigenvalue weighted by Crippen LogP contribution is 2.24. The summed E-state index contributed by atoms with van der Waals surface area (Å²) >= 11 is 3.31. The largest absolute Gasteiger partial charge is 0.372 e. The number of halogens is 1. The monoisotopic (exact) mass is 312 g/mol. The molecule has 0 aliphatic heterocycles. The lowest BCUT2D eigenvalue weighted by molar-refractivity contribution is 0.235. The van der Waals surface area contributed by atoms with E-state index in [1.807, 2.05) is 0 Å². The molecule has 7 nitrogen and oxygen atoms in total. The minimum absolute atomic E-state index is 0.0185. The molecule has 18 heavy (non-hydrogen) atoms. The molecule has 2 aromatic rings. The third-order valence-electron chi connectivity index (χ3n) is 2.21. The fraction of sp³-hybridized carbons (Fsp3) is 0.500. The van der Waals surface area contributed by atoms with Crippen molar-refractivity contribution >= 4 is 22.0 Å². The molecule has 0 aromatic carbocycles. The maximum atomic E-state index is 12.1. The van der Waals surface area contributed by atoms with Gasteiger partial charge in [-0.05, 0) is 27.8 Å². The van der Waals surface area contributed by atoms with E-state index in [0.717, 1.165) is 10.4 Å². The molecule has 0 aliphatic carbocycles. The number of aromatic nitrogens is 6. The maximum absolute atomic E-state index is 12.1. The highest BCUT2D eigenvalue weighted by Gasteiger charge is 2.23. The number of nitrogens with zero attached hydrogens (tertiary/aromatic N) is 6. The van der Waals surface area contributed by atoms with Crippen molar-refractivity contribution in [2.75, 3.05) is 0 Å². The molecule has 96 valence electrons. The van der Waals surface area contributed by atoms with Gasteiger partial charge in [0.15, 0.2) is 4.60 Å². The Morgan fingerprint density at radius 2 is 2.11 bits per heavy atom. The van der Waals surface area contributed by atoms with Gasteiger partial charge in [-0.3, -0.25) is 0 Å². The summed E-state index contributed by atoms with van der Waals surface area (Å²) in [7, 11) is 0. The van der Waals surface area contributed by atoms with Gasteiger partial charge in [0.25, 0.3) is 0 Å². The smallest absolute Gasteiger partial charge is 0.243 e. The molecule has 0 unspecified atom stereocenters. The molecule has 0 atom stereocenters. The summed E-state index contributed by atoms with van der Waals surface area (Å²) in [5, 5.41) is 15.0. The Morgan fingerprint density at radius 1 is 1.39 bits per heavy atom. The molecule has 0 N–H and O–H groups in total. The van der Waals surface area contributed by atoms with Gasteiger partial charge >= 0.3 is 6.03 Å². The average molecular weight is 313 g/mol. The third kappa shape index (κ3) is 2.63. The van der Waals surface area contributed by atoms with Crippen LogP contribution < -0.4 is 0 Å². The normalized spacial score (nSPS) is 11.8. The van der Waals surface area contributed by atoms with Crippen LogP contribution in [-0.2, 0) is 6.42 Å². The van der Waals surface area contributed by atoms with Crippen LogP contribution >= 0.6 is 15.9 Å². The first-order valence-electron chi connectivity index (χ1n) is 5.39. The number of rotatable bonds is 1. The first kappa shape index (κ1) is 12.9. The summed E-state index contributed by atoms with van der Waals surface area (Å²) in [6.07, 6.45) is 3.58. The van der Waals surface area contributed by atoms with Crippen LogP contribution in [0.5, 0.6) is 0 Å². The van der Waals surface area contributed by atoms with E-state index in [2.05, 4.69) is 57.3 Å². The summed E-state index contributed by atoms with van der Waals surface area (Å²) in [4.78, 5) is 12.1. The Morgan fingerprint density at radius 3 is 2.67 bits per heavy atom. The Balaban J connectivity index is 2.37. The molecule has 2 aromatic heterocycles. The van der Waals surface area contributed by atoms with Crippen LogP contribution in [0, 0.1) is 5.41 Å². The Hall–Kier alpha value is -1.57. The molecule has 0 amide bonds. The molecule has 2 rings (SSSR count). The van der Waals surface area contributed by atoms with Crippen molar-refractivity contribution in [3.63, 3.8) is 0 Å². The van der Waals surface area contributed by atoms with E-state index in [4.69, 9.17) is 0 Å². The van der Waals surface area contributed by atoms with Crippen molar-refractivity contribution in [2.24, 2.45) is 5.41 Å². The van der Waals surface area contributed by atoms with Crippen LogP contribution in [0.15, 0.2) is 17.0 Å². The minimum Gasteiger partial charge on any atom is -0.243 e. The fourth-order valence-electron chi connectivity index (χ4n) is 1.49. The fourth-order valence-corrected chi connectivity index (χ4v) is 1.87. The lowest BCUT2D eigenvalue weighted by atomic mass is 9.91. The molecule has 0 saturated carbocycles. The zero-order chi connectivity index (χ0) is 13.3. The second-order valence-electron chi connectivity index (χ2n) is 5.11. The van der Waals surface area contributed by atoms with Gasteiger partial charge in [0.1, 0.15) is 0 Å². The quantitative estimate of drug-likeness (QED) is 0.801. The van der Waals surface area contributed by atoms with Gasteiger partial charge in [0.2, 0.25) is 0 Å². The number of carbonyl (C=O) groups is 1. The van der Waals surface area contributed by atoms with Crippen LogP contribution in [0.4, 0.5) is 4.79 Å². The molecular formula is C10H13BrN6O. The van der Waals surface area contributed by atoms with Gasteiger partial charge in [0, 0.05) is 0 Å². The number of hydrogen-bond donors (Lipinski definition) is 0. The van der Waals surface area contributed by atoms with Crippen molar-refractivity contribution in [1.82, 2.24) is 30.0 Å². The van der Waals surface area contributed by atoms with Gasteiger partial charge in [0.05, 0.1) is 18.1 Å². The highest BCUT2D eigenvalue weighted by atomic mass is 79.9. The van der Waals surface area contributed by atoms with Gasteiger partial charge in [-0.2, -0.15) is 9.36 Å². The van der Waals surface area contributed by atoms with E-state index < -0.39 is 6.03 Å². The summed E-state index contributed by atoms with van der Waals surface area (Å²) < 4.78 is 2.93. The Bertz CT molecular complexity index is 553. The van der Waals surface area contributed by atoms with Gasteiger partial charge in [-0.25, -0.2) is 4.79 Å². The zero-order valence-corrected chi connectivity index (χ0v) is 11.9. The van der Waals surface area contributed by atoms with Crippen molar-refractivity contribution in [3.05, 3.63) is 22.7 Å². The van der Waals surface area contributed by atoms with Gasteiger partial charge < -0.3 is 0 Å². The second kappa shape index (κ2) is 4.60. The van der Waals surface area contributed by atoms with Crippen molar-refractivity contribution < 1.29 is 4.79 Å². The van der Waals surface area contributed by atoms with Crippen molar-refractivity contribution in [2.45, 2.75) is 27.2 Å². The van der Waals surface area contributed by atoms with Crippen LogP contribution in [0.25, 0.3) is 0 Å². The van der Waals surface area contributed by atoms with Crippen LogP contribution in [-0.4, -0.2) is 36.0 Å². The maximum Gasteiger partial charge on any atom is 0.372 e. The summed E-state index contributed by atoms with van der Waals surface area (Å²) in [6.45, 7) is 6.24. The SMILES string of the molecule is CC(C)(C)Cc1c(Br)nnn1C(=O)n1ccnn1. The lowest BCUT2D eigenvalue weighted by Gasteiger charge is -2.17. The van der Waals surface area contributed by atoms with Crippen LogP contribution in [0.1, 0.15) is 26.5 Å². The standard InChI is InChI=1S/C10H13BrN6O/c1-10(2,3)6-7-8(11)13-15-17(7)9(18)16-5-4-12-14-16/h4-5H,6H2,1-3H3. The first-order valence-corrected chi connectivity index (χ1v) is 6.19. The van der Waals surface area contributed by atoms with Crippen LogP contribution in [0.3, 0.4) is 0 Å². The van der Waals surface area contributed by atoms with E-state index in [1.54, 1.807) is 0 Å². The molecule has 2 heterocycles. The summed E-state index contributed by atoms with van der Waals surface area (Å²) in [5.41, 5.74) is 0.743. The first-order chi connectivity index (χ1) is 8.38. The van der Waals surface area contributed by atoms with Crippen molar-refractivity contribution in [1.29, 1.82) is 0 Å². The van der Waals surface area contributed by atoms with Crippen LogP contribution in [0.2, 0.25) is 0 Å².